The van der Waals surface area contributed by atoms with E-state index in [0.29, 0.717) is 37.7 Å². The first-order valence-corrected chi connectivity index (χ1v) is 9.47. The second-order valence-corrected chi connectivity index (χ2v) is 6.93. The third kappa shape index (κ3) is 4.66. The monoisotopic (exact) mass is 420 g/mol. The Hall–Kier alpha value is -3.24. The van der Waals surface area contributed by atoms with Crippen LogP contribution in [0.4, 0.5) is 19.0 Å². The molecular weight excluding hydrogens is 401 g/mol. The zero-order valence-electron chi connectivity index (χ0n) is 16.0. The zero-order chi connectivity index (χ0) is 21.1. The molecule has 0 saturated carbocycles. The van der Waals surface area contributed by atoms with Crippen LogP contribution in [0.1, 0.15) is 28.3 Å². The van der Waals surface area contributed by atoms with E-state index in [9.17, 15) is 18.0 Å². The van der Waals surface area contributed by atoms with Crippen molar-refractivity contribution >= 4 is 17.8 Å². The Kier molecular flexibility index (Phi) is 5.51. The van der Waals surface area contributed by atoms with Crippen molar-refractivity contribution in [2.75, 3.05) is 37.7 Å². The molecule has 0 atom stereocenters. The number of piperazine rings is 1. The minimum Gasteiger partial charge on any atom is -0.468 e. The van der Waals surface area contributed by atoms with Crippen LogP contribution in [0.3, 0.4) is 0 Å². The molecule has 2 aromatic heterocycles. The molecule has 1 amide bonds. The Labute approximate surface area is 170 Å². The van der Waals surface area contributed by atoms with E-state index >= 15 is 0 Å². The van der Waals surface area contributed by atoms with E-state index in [0.717, 1.165) is 30.6 Å². The van der Waals surface area contributed by atoms with E-state index in [1.807, 2.05) is 17.1 Å². The van der Waals surface area contributed by atoms with Gasteiger partial charge in [0.1, 0.15) is 17.8 Å². The van der Waals surface area contributed by atoms with Gasteiger partial charge in [0.2, 0.25) is 5.88 Å². The van der Waals surface area contributed by atoms with Crippen LogP contribution in [-0.4, -0.2) is 69.7 Å². The predicted octanol–water partition coefficient (Wildman–Crippen LogP) is 2.13. The molecule has 1 aliphatic carbocycles. The number of fused-ring (bicyclic) bond motifs is 1. The standard InChI is InChI=1S/C19H19F3N6O2/c20-19(21,22)11-30-17-9-16(24-12-25-17)27-5-7-28(8-6-27)18(29)15-10-23-13-3-1-2-4-14(13)26-15/h1,3,9-10,12H,2,4-8,11H2. The zero-order valence-corrected chi connectivity index (χ0v) is 16.0. The largest absolute Gasteiger partial charge is 0.468 e. The maximum atomic E-state index is 12.8. The Morgan fingerprint density at radius 1 is 1.13 bits per heavy atom. The van der Waals surface area contributed by atoms with Gasteiger partial charge in [-0.05, 0) is 18.9 Å². The molecule has 1 fully saturated rings. The molecule has 0 unspecified atom stereocenters. The summed E-state index contributed by atoms with van der Waals surface area (Å²) in [6.07, 6.45) is 3.81. The van der Waals surface area contributed by atoms with Gasteiger partial charge in [0, 0.05) is 32.2 Å². The van der Waals surface area contributed by atoms with E-state index < -0.39 is 12.8 Å². The lowest BCUT2D eigenvalue weighted by molar-refractivity contribution is -0.154. The highest BCUT2D eigenvalue weighted by Gasteiger charge is 2.29. The number of amides is 1. The van der Waals surface area contributed by atoms with Crippen molar-refractivity contribution in [1.82, 2.24) is 24.8 Å². The van der Waals surface area contributed by atoms with Gasteiger partial charge in [-0.1, -0.05) is 6.08 Å². The average Bonchev–Trinajstić information content (AvgIpc) is 2.77. The smallest absolute Gasteiger partial charge is 0.422 e. The van der Waals surface area contributed by atoms with Crippen molar-refractivity contribution in [3.05, 3.63) is 41.7 Å². The van der Waals surface area contributed by atoms with Gasteiger partial charge in [-0.15, -0.1) is 0 Å². The van der Waals surface area contributed by atoms with Crippen LogP contribution in [-0.2, 0) is 6.42 Å². The van der Waals surface area contributed by atoms with Crippen LogP contribution in [0.2, 0.25) is 0 Å². The van der Waals surface area contributed by atoms with E-state index in [1.54, 1.807) is 4.90 Å². The SMILES string of the molecule is O=C(c1cnc2c(n1)CCC=C2)N1CCN(c2cc(OCC(F)(F)F)ncn2)CC1. The minimum atomic E-state index is -4.44. The molecule has 2 aromatic rings. The summed E-state index contributed by atoms with van der Waals surface area (Å²) in [5.74, 6) is 0.125. The molecule has 0 spiro atoms. The average molecular weight is 420 g/mol. The number of allylic oxidation sites excluding steroid dienone is 1. The highest BCUT2D eigenvalue weighted by Crippen LogP contribution is 2.21. The second-order valence-electron chi connectivity index (χ2n) is 6.93. The third-order valence-electron chi connectivity index (χ3n) is 4.82. The molecule has 158 valence electrons. The lowest BCUT2D eigenvalue weighted by Crippen LogP contribution is -2.49. The van der Waals surface area contributed by atoms with Crippen molar-refractivity contribution in [1.29, 1.82) is 0 Å². The topological polar surface area (TPSA) is 84.3 Å². The van der Waals surface area contributed by atoms with Gasteiger partial charge in [-0.3, -0.25) is 9.78 Å². The number of hydrogen-bond donors (Lipinski definition) is 0. The number of carbonyl (C=O) groups excluding carboxylic acids is 1. The Morgan fingerprint density at radius 3 is 2.70 bits per heavy atom. The normalized spacial score (nSPS) is 16.4. The molecule has 2 aliphatic rings. The number of anilines is 1. The van der Waals surface area contributed by atoms with Crippen LogP contribution in [0.5, 0.6) is 5.88 Å². The number of carbonyl (C=O) groups is 1. The number of halogens is 3. The van der Waals surface area contributed by atoms with Crippen molar-refractivity contribution in [3.8, 4) is 5.88 Å². The number of rotatable bonds is 4. The number of hydrogen-bond acceptors (Lipinski definition) is 7. The first kappa shape index (κ1) is 20.0. The molecule has 0 aromatic carbocycles. The molecular formula is C19H19F3N6O2. The molecule has 0 bridgehead atoms. The maximum Gasteiger partial charge on any atom is 0.422 e. The number of nitrogens with zero attached hydrogens (tertiary/aromatic N) is 6. The quantitative estimate of drug-likeness (QED) is 0.749. The van der Waals surface area contributed by atoms with E-state index in [-0.39, 0.29) is 11.8 Å². The molecule has 3 heterocycles. The van der Waals surface area contributed by atoms with Gasteiger partial charge >= 0.3 is 6.18 Å². The molecule has 0 N–H and O–H groups in total. The highest BCUT2D eigenvalue weighted by molar-refractivity contribution is 5.92. The van der Waals surface area contributed by atoms with Crippen LogP contribution >= 0.6 is 0 Å². The Balaban J connectivity index is 1.37. The summed E-state index contributed by atoms with van der Waals surface area (Å²) >= 11 is 0. The molecule has 1 aliphatic heterocycles. The minimum absolute atomic E-state index is 0.144. The summed E-state index contributed by atoms with van der Waals surface area (Å²) in [4.78, 5) is 33.0. The molecule has 0 radical (unpaired) electrons. The van der Waals surface area contributed by atoms with Crippen LogP contribution in [0.15, 0.2) is 24.7 Å². The molecule has 30 heavy (non-hydrogen) atoms. The molecule has 1 saturated heterocycles. The fraction of sp³-hybridized carbons (Fsp3) is 0.421. The number of alkyl halides is 3. The summed E-state index contributed by atoms with van der Waals surface area (Å²) in [5.41, 5.74) is 1.95. The summed E-state index contributed by atoms with van der Waals surface area (Å²) in [5, 5.41) is 0. The molecule has 8 nitrogen and oxygen atoms in total. The summed E-state index contributed by atoms with van der Waals surface area (Å²) in [6, 6.07) is 1.37. The summed E-state index contributed by atoms with van der Waals surface area (Å²) in [6.45, 7) is 0.398. The van der Waals surface area contributed by atoms with Gasteiger partial charge in [0.05, 0.1) is 17.6 Å². The van der Waals surface area contributed by atoms with Crippen LogP contribution in [0.25, 0.3) is 6.08 Å². The third-order valence-corrected chi connectivity index (χ3v) is 4.82. The van der Waals surface area contributed by atoms with Crippen molar-refractivity contribution < 1.29 is 22.7 Å². The second kappa shape index (κ2) is 8.25. The van der Waals surface area contributed by atoms with Gasteiger partial charge in [-0.2, -0.15) is 13.2 Å². The Morgan fingerprint density at radius 2 is 1.93 bits per heavy atom. The first-order valence-electron chi connectivity index (χ1n) is 9.47. The lowest BCUT2D eigenvalue weighted by Gasteiger charge is -2.35. The van der Waals surface area contributed by atoms with Gasteiger partial charge in [0.15, 0.2) is 6.61 Å². The fourth-order valence-electron chi connectivity index (χ4n) is 3.32. The fourth-order valence-corrected chi connectivity index (χ4v) is 3.32. The number of ether oxygens (including phenoxy) is 1. The molecule has 4 rings (SSSR count). The van der Waals surface area contributed by atoms with Crippen molar-refractivity contribution in [3.63, 3.8) is 0 Å². The van der Waals surface area contributed by atoms with Gasteiger partial charge in [0.25, 0.3) is 5.91 Å². The van der Waals surface area contributed by atoms with E-state index in [1.165, 1.54) is 12.3 Å². The number of aryl methyl sites for hydroxylation is 1. The molecule has 11 heteroatoms. The van der Waals surface area contributed by atoms with Crippen molar-refractivity contribution in [2.24, 2.45) is 0 Å². The van der Waals surface area contributed by atoms with Gasteiger partial charge in [-0.25, -0.2) is 15.0 Å². The first-order chi connectivity index (χ1) is 14.4. The van der Waals surface area contributed by atoms with E-state index in [4.69, 9.17) is 0 Å². The predicted molar refractivity (Wildman–Crippen MR) is 101 cm³/mol. The lowest BCUT2D eigenvalue weighted by atomic mass is 10.1. The maximum absolute atomic E-state index is 12.8. The van der Waals surface area contributed by atoms with Crippen LogP contribution < -0.4 is 9.64 Å². The van der Waals surface area contributed by atoms with Gasteiger partial charge < -0.3 is 14.5 Å². The van der Waals surface area contributed by atoms with Crippen molar-refractivity contribution in [2.45, 2.75) is 19.0 Å². The summed E-state index contributed by atoms with van der Waals surface area (Å²) in [7, 11) is 0. The highest BCUT2D eigenvalue weighted by atomic mass is 19.4. The number of aromatic nitrogens is 4. The van der Waals surface area contributed by atoms with E-state index in [2.05, 4.69) is 24.7 Å². The van der Waals surface area contributed by atoms with Crippen LogP contribution in [0, 0.1) is 0 Å². The summed E-state index contributed by atoms with van der Waals surface area (Å²) < 4.78 is 41.6. The Bertz CT molecular complexity index is 958.